The van der Waals surface area contributed by atoms with Crippen LogP contribution < -0.4 is 10.5 Å². The monoisotopic (exact) mass is 294 g/mol. The van der Waals surface area contributed by atoms with Gasteiger partial charge in [-0.1, -0.05) is 12.1 Å². The van der Waals surface area contributed by atoms with Gasteiger partial charge < -0.3 is 15.4 Å². The molecule has 1 heterocycles. The predicted octanol–water partition coefficient (Wildman–Crippen LogP) is 2.11. The van der Waals surface area contributed by atoms with Crippen molar-refractivity contribution in [2.75, 3.05) is 19.6 Å². The van der Waals surface area contributed by atoms with E-state index in [0.29, 0.717) is 18.5 Å². The highest BCUT2D eigenvalue weighted by atomic mass is 19.1. The number of rotatable bonds is 5. The molecular weight excluding hydrogens is 271 g/mol. The summed E-state index contributed by atoms with van der Waals surface area (Å²) in [5.41, 5.74) is 6.24. The lowest BCUT2D eigenvalue weighted by molar-refractivity contribution is -0.138. The Labute approximate surface area is 125 Å². The Kier molecular flexibility index (Phi) is 5.56. The minimum atomic E-state index is -0.684. The molecule has 116 valence electrons. The second kappa shape index (κ2) is 7.41. The molecule has 0 radical (unpaired) electrons. The summed E-state index contributed by atoms with van der Waals surface area (Å²) in [5.74, 6) is -0.364. The number of hydrogen-bond acceptors (Lipinski definition) is 3. The molecule has 21 heavy (non-hydrogen) atoms. The number of benzene rings is 1. The van der Waals surface area contributed by atoms with Crippen molar-refractivity contribution in [3.63, 3.8) is 0 Å². The molecule has 1 aliphatic rings. The highest BCUT2D eigenvalue weighted by Crippen LogP contribution is 2.25. The van der Waals surface area contributed by atoms with Gasteiger partial charge in [0.15, 0.2) is 17.7 Å². The molecule has 0 bridgehead atoms. The zero-order chi connectivity index (χ0) is 15.2. The number of ether oxygens (including phenoxy) is 1. The van der Waals surface area contributed by atoms with Crippen LogP contribution in [0, 0.1) is 5.82 Å². The third kappa shape index (κ3) is 3.94. The summed E-state index contributed by atoms with van der Waals surface area (Å²) in [5, 5.41) is 0. The van der Waals surface area contributed by atoms with Gasteiger partial charge in [0.1, 0.15) is 0 Å². The Bertz CT molecular complexity index is 487. The summed E-state index contributed by atoms with van der Waals surface area (Å²) < 4.78 is 19.6. The van der Waals surface area contributed by atoms with E-state index in [9.17, 15) is 9.18 Å². The molecule has 5 heteroatoms. The molecule has 1 amide bonds. The molecule has 1 saturated heterocycles. The molecule has 0 spiro atoms. The Morgan fingerprint density at radius 1 is 1.38 bits per heavy atom. The van der Waals surface area contributed by atoms with Gasteiger partial charge in [0.05, 0.1) is 0 Å². The summed E-state index contributed by atoms with van der Waals surface area (Å²) >= 11 is 0. The number of carbonyl (C=O) groups excluding carboxylic acids is 1. The molecule has 4 nitrogen and oxygen atoms in total. The Morgan fingerprint density at radius 2 is 2.10 bits per heavy atom. The average molecular weight is 294 g/mol. The summed E-state index contributed by atoms with van der Waals surface area (Å²) in [6.45, 7) is 3.61. The van der Waals surface area contributed by atoms with Crippen LogP contribution in [0.15, 0.2) is 18.2 Å². The number of piperidine rings is 1. The average Bonchev–Trinajstić information content (AvgIpc) is 2.51. The fraction of sp³-hybridized carbons (Fsp3) is 0.562. The first-order chi connectivity index (χ1) is 10.1. The summed E-state index contributed by atoms with van der Waals surface area (Å²) in [6, 6.07) is 4.75. The van der Waals surface area contributed by atoms with Gasteiger partial charge in [0.2, 0.25) is 0 Å². The molecule has 1 aromatic rings. The van der Waals surface area contributed by atoms with E-state index < -0.39 is 11.9 Å². The molecule has 2 rings (SSSR count). The smallest absolute Gasteiger partial charge is 0.263 e. The Balaban J connectivity index is 2.07. The molecule has 0 aliphatic carbocycles. The molecule has 1 unspecified atom stereocenters. The van der Waals surface area contributed by atoms with Crippen molar-refractivity contribution in [3.05, 3.63) is 29.6 Å². The second-order valence-electron chi connectivity index (χ2n) is 5.41. The molecule has 1 aromatic carbocycles. The SMILES string of the molecule is CC(Oc1c(F)cccc1CCN)C(=O)N1CCCCC1. The highest BCUT2D eigenvalue weighted by Gasteiger charge is 2.25. The second-order valence-corrected chi connectivity index (χ2v) is 5.41. The number of hydrogen-bond donors (Lipinski definition) is 1. The van der Waals surface area contributed by atoms with E-state index >= 15 is 0 Å². The van der Waals surface area contributed by atoms with Crippen LogP contribution in [-0.4, -0.2) is 36.5 Å². The predicted molar refractivity (Wildman–Crippen MR) is 79.7 cm³/mol. The first kappa shape index (κ1) is 15.8. The summed E-state index contributed by atoms with van der Waals surface area (Å²) in [4.78, 5) is 14.1. The summed E-state index contributed by atoms with van der Waals surface area (Å²) in [6.07, 6.45) is 3.05. The van der Waals surface area contributed by atoms with Crippen LogP contribution in [0.3, 0.4) is 0 Å². The van der Waals surface area contributed by atoms with Crippen molar-refractivity contribution < 1.29 is 13.9 Å². The van der Waals surface area contributed by atoms with Crippen molar-refractivity contribution in [1.29, 1.82) is 0 Å². The minimum absolute atomic E-state index is 0.0725. The van der Waals surface area contributed by atoms with E-state index in [4.69, 9.17) is 10.5 Å². The number of halogens is 1. The van der Waals surface area contributed by atoms with E-state index in [1.807, 2.05) is 0 Å². The van der Waals surface area contributed by atoms with Crippen molar-refractivity contribution in [2.45, 2.75) is 38.7 Å². The largest absolute Gasteiger partial charge is 0.478 e. The number of nitrogens with two attached hydrogens (primary N) is 1. The van der Waals surface area contributed by atoms with Crippen molar-refractivity contribution in [2.24, 2.45) is 5.73 Å². The van der Waals surface area contributed by atoms with E-state index in [2.05, 4.69) is 0 Å². The molecule has 1 fully saturated rings. The van der Waals surface area contributed by atoms with Crippen LogP contribution in [0.5, 0.6) is 5.75 Å². The van der Waals surface area contributed by atoms with Crippen molar-refractivity contribution in [1.82, 2.24) is 4.90 Å². The normalized spacial score (nSPS) is 16.6. The fourth-order valence-corrected chi connectivity index (χ4v) is 2.64. The molecule has 2 N–H and O–H groups in total. The lowest BCUT2D eigenvalue weighted by Gasteiger charge is -2.29. The molecule has 1 aliphatic heterocycles. The van der Waals surface area contributed by atoms with E-state index in [1.54, 1.807) is 24.0 Å². The molecule has 0 aromatic heterocycles. The highest BCUT2D eigenvalue weighted by molar-refractivity contribution is 5.81. The lowest BCUT2D eigenvalue weighted by Crippen LogP contribution is -2.43. The third-order valence-corrected chi connectivity index (χ3v) is 3.77. The lowest BCUT2D eigenvalue weighted by atomic mass is 10.1. The first-order valence-electron chi connectivity index (χ1n) is 7.56. The zero-order valence-corrected chi connectivity index (χ0v) is 12.5. The summed E-state index contributed by atoms with van der Waals surface area (Å²) in [7, 11) is 0. The molecular formula is C16H23FN2O2. The number of nitrogens with zero attached hydrogens (tertiary/aromatic N) is 1. The Morgan fingerprint density at radius 3 is 2.76 bits per heavy atom. The minimum Gasteiger partial charge on any atom is -0.478 e. The topological polar surface area (TPSA) is 55.6 Å². The standard InChI is InChI=1S/C16H23FN2O2/c1-12(16(20)19-10-3-2-4-11-19)21-15-13(8-9-18)6-5-7-14(15)17/h5-7,12H,2-4,8-11,18H2,1H3. The number of para-hydroxylation sites is 1. The van der Waals surface area contributed by atoms with Crippen LogP contribution in [0.4, 0.5) is 4.39 Å². The fourth-order valence-electron chi connectivity index (χ4n) is 2.64. The van der Waals surface area contributed by atoms with Crippen LogP contribution >= 0.6 is 0 Å². The van der Waals surface area contributed by atoms with Gasteiger partial charge in [-0.05, 0) is 50.8 Å². The molecule has 0 saturated carbocycles. The maximum atomic E-state index is 13.9. The third-order valence-electron chi connectivity index (χ3n) is 3.77. The van der Waals surface area contributed by atoms with Gasteiger partial charge in [-0.25, -0.2) is 4.39 Å². The van der Waals surface area contributed by atoms with Crippen LogP contribution in [0.25, 0.3) is 0 Å². The number of amides is 1. The number of carbonyl (C=O) groups is 1. The number of likely N-dealkylation sites (tertiary alicyclic amines) is 1. The van der Waals surface area contributed by atoms with Crippen LogP contribution in [0.1, 0.15) is 31.7 Å². The van der Waals surface area contributed by atoms with Gasteiger partial charge in [-0.15, -0.1) is 0 Å². The van der Waals surface area contributed by atoms with E-state index in [-0.39, 0.29) is 11.7 Å². The van der Waals surface area contributed by atoms with Crippen molar-refractivity contribution in [3.8, 4) is 5.75 Å². The van der Waals surface area contributed by atoms with Crippen LogP contribution in [0.2, 0.25) is 0 Å². The Hall–Kier alpha value is -1.62. The van der Waals surface area contributed by atoms with Crippen LogP contribution in [-0.2, 0) is 11.2 Å². The maximum absolute atomic E-state index is 13.9. The van der Waals surface area contributed by atoms with E-state index in [0.717, 1.165) is 32.4 Å². The molecule has 1 atom stereocenters. The van der Waals surface area contributed by atoms with Gasteiger partial charge in [0, 0.05) is 13.1 Å². The first-order valence-corrected chi connectivity index (χ1v) is 7.56. The van der Waals surface area contributed by atoms with Gasteiger partial charge >= 0.3 is 0 Å². The van der Waals surface area contributed by atoms with Gasteiger partial charge in [-0.2, -0.15) is 0 Å². The quantitative estimate of drug-likeness (QED) is 0.905. The maximum Gasteiger partial charge on any atom is 0.263 e. The van der Waals surface area contributed by atoms with Crippen molar-refractivity contribution >= 4 is 5.91 Å². The van der Waals surface area contributed by atoms with E-state index in [1.165, 1.54) is 6.07 Å². The van der Waals surface area contributed by atoms with Gasteiger partial charge in [-0.3, -0.25) is 4.79 Å². The van der Waals surface area contributed by atoms with Gasteiger partial charge in [0.25, 0.3) is 5.91 Å². The zero-order valence-electron chi connectivity index (χ0n) is 12.5.